The predicted octanol–water partition coefficient (Wildman–Crippen LogP) is 3.16. The minimum absolute atomic E-state index is 0.120. The monoisotopic (exact) mass is 417 g/mol. The van der Waals surface area contributed by atoms with Crippen molar-refractivity contribution in [2.75, 3.05) is 58.3 Å². The summed E-state index contributed by atoms with van der Waals surface area (Å²) in [6, 6.07) is 5.75. The topological polar surface area (TPSA) is 75.3 Å². The Bertz CT molecular complexity index is 695. The average molecular weight is 418 g/mol. The van der Waals surface area contributed by atoms with Crippen molar-refractivity contribution >= 4 is 11.6 Å². The SMILES string of the molecule is CCOc1ccc(OCC)c(NC(N)=NCC2(N3CCCCC3)CCN(C)CC2)c1. The highest BCUT2D eigenvalue weighted by atomic mass is 16.5. The molecule has 2 aliphatic heterocycles. The van der Waals surface area contributed by atoms with Gasteiger partial charge in [-0.25, -0.2) is 0 Å². The van der Waals surface area contributed by atoms with Gasteiger partial charge in [0.2, 0.25) is 0 Å². The fourth-order valence-corrected chi connectivity index (χ4v) is 4.53. The number of piperidine rings is 2. The van der Waals surface area contributed by atoms with Crippen LogP contribution in [-0.2, 0) is 0 Å². The van der Waals surface area contributed by atoms with E-state index in [4.69, 9.17) is 20.2 Å². The third-order valence-electron chi connectivity index (χ3n) is 6.31. The minimum Gasteiger partial charge on any atom is -0.494 e. The van der Waals surface area contributed by atoms with Crippen LogP contribution >= 0.6 is 0 Å². The smallest absolute Gasteiger partial charge is 0.193 e. The number of guanidine groups is 1. The molecule has 0 aliphatic carbocycles. The van der Waals surface area contributed by atoms with E-state index in [1.807, 2.05) is 32.0 Å². The van der Waals surface area contributed by atoms with E-state index in [2.05, 4.69) is 22.2 Å². The maximum Gasteiger partial charge on any atom is 0.193 e. The second kappa shape index (κ2) is 10.9. The number of ether oxygens (including phenoxy) is 2. The molecule has 168 valence electrons. The Hall–Kier alpha value is -1.99. The van der Waals surface area contributed by atoms with Gasteiger partial charge in [-0.15, -0.1) is 0 Å². The van der Waals surface area contributed by atoms with Crippen LogP contribution in [0.1, 0.15) is 46.0 Å². The first-order valence-electron chi connectivity index (χ1n) is 11.5. The summed E-state index contributed by atoms with van der Waals surface area (Å²) in [5.41, 5.74) is 7.25. The van der Waals surface area contributed by atoms with E-state index in [9.17, 15) is 0 Å². The zero-order chi connectivity index (χ0) is 21.4. The number of nitrogens with one attached hydrogen (secondary N) is 1. The number of likely N-dealkylation sites (tertiary alicyclic amines) is 2. The molecular formula is C23H39N5O2. The van der Waals surface area contributed by atoms with Gasteiger partial charge >= 0.3 is 0 Å². The van der Waals surface area contributed by atoms with Gasteiger partial charge in [0.25, 0.3) is 0 Å². The van der Waals surface area contributed by atoms with Crippen molar-refractivity contribution in [3.05, 3.63) is 18.2 Å². The molecule has 0 aromatic heterocycles. The van der Waals surface area contributed by atoms with Crippen LogP contribution in [0, 0.1) is 0 Å². The molecule has 0 unspecified atom stereocenters. The number of hydrogen-bond acceptors (Lipinski definition) is 5. The fourth-order valence-electron chi connectivity index (χ4n) is 4.53. The second-order valence-corrected chi connectivity index (χ2v) is 8.43. The Morgan fingerprint density at radius 2 is 1.77 bits per heavy atom. The lowest BCUT2D eigenvalue weighted by molar-refractivity contribution is 0.0209. The van der Waals surface area contributed by atoms with Crippen LogP contribution in [0.3, 0.4) is 0 Å². The summed E-state index contributed by atoms with van der Waals surface area (Å²) >= 11 is 0. The van der Waals surface area contributed by atoms with Crippen molar-refractivity contribution in [1.29, 1.82) is 0 Å². The summed E-state index contributed by atoms with van der Waals surface area (Å²) in [5.74, 6) is 1.97. The van der Waals surface area contributed by atoms with Crippen LogP contribution in [-0.4, -0.2) is 74.3 Å². The summed E-state index contributed by atoms with van der Waals surface area (Å²) in [4.78, 5) is 9.92. The van der Waals surface area contributed by atoms with Crippen molar-refractivity contribution in [1.82, 2.24) is 9.80 Å². The van der Waals surface area contributed by atoms with Crippen molar-refractivity contribution in [3.63, 3.8) is 0 Å². The van der Waals surface area contributed by atoms with Gasteiger partial charge in [0.05, 0.1) is 25.4 Å². The summed E-state index contributed by atoms with van der Waals surface area (Å²) in [6.45, 7) is 10.5. The van der Waals surface area contributed by atoms with Crippen LogP contribution in [0.5, 0.6) is 11.5 Å². The normalized spacial score (nSPS) is 20.7. The number of hydrogen-bond donors (Lipinski definition) is 2. The number of rotatable bonds is 8. The summed E-state index contributed by atoms with van der Waals surface area (Å²) < 4.78 is 11.4. The van der Waals surface area contributed by atoms with Crippen LogP contribution in [0.2, 0.25) is 0 Å². The maximum atomic E-state index is 6.34. The molecule has 0 atom stereocenters. The molecule has 1 aromatic carbocycles. The Kier molecular flexibility index (Phi) is 8.22. The van der Waals surface area contributed by atoms with E-state index >= 15 is 0 Å². The lowest BCUT2D eigenvalue weighted by Crippen LogP contribution is -2.58. The van der Waals surface area contributed by atoms with Crippen LogP contribution in [0.15, 0.2) is 23.2 Å². The van der Waals surface area contributed by atoms with Gasteiger partial charge in [-0.2, -0.15) is 0 Å². The second-order valence-electron chi connectivity index (χ2n) is 8.43. The van der Waals surface area contributed by atoms with E-state index in [0.717, 1.165) is 49.7 Å². The van der Waals surface area contributed by atoms with Gasteiger partial charge in [0.1, 0.15) is 11.5 Å². The molecule has 2 heterocycles. The highest BCUT2D eigenvalue weighted by molar-refractivity contribution is 5.94. The maximum absolute atomic E-state index is 6.34. The first-order chi connectivity index (χ1) is 14.6. The molecule has 0 spiro atoms. The average Bonchev–Trinajstić information content (AvgIpc) is 2.76. The molecule has 30 heavy (non-hydrogen) atoms. The quantitative estimate of drug-likeness (QED) is 0.500. The van der Waals surface area contributed by atoms with Gasteiger partial charge in [0.15, 0.2) is 5.96 Å². The molecule has 2 fully saturated rings. The Balaban J connectivity index is 1.74. The van der Waals surface area contributed by atoms with Gasteiger partial charge in [0, 0.05) is 11.6 Å². The van der Waals surface area contributed by atoms with Gasteiger partial charge in [-0.3, -0.25) is 9.89 Å². The molecule has 1 aromatic rings. The van der Waals surface area contributed by atoms with E-state index in [0.29, 0.717) is 19.2 Å². The lowest BCUT2D eigenvalue weighted by Gasteiger charge is -2.49. The highest BCUT2D eigenvalue weighted by Crippen LogP contribution is 2.32. The summed E-state index contributed by atoms with van der Waals surface area (Å²) in [7, 11) is 2.21. The molecule has 2 aliphatic rings. The number of nitrogens with two attached hydrogens (primary N) is 1. The minimum atomic E-state index is 0.120. The number of nitrogens with zero attached hydrogens (tertiary/aromatic N) is 3. The fraction of sp³-hybridized carbons (Fsp3) is 0.696. The lowest BCUT2D eigenvalue weighted by atomic mass is 9.84. The van der Waals surface area contributed by atoms with E-state index in [1.54, 1.807) is 0 Å². The molecule has 0 amide bonds. The Morgan fingerprint density at radius 1 is 1.07 bits per heavy atom. The Morgan fingerprint density at radius 3 is 2.43 bits per heavy atom. The van der Waals surface area contributed by atoms with Crippen LogP contribution in [0.4, 0.5) is 5.69 Å². The highest BCUT2D eigenvalue weighted by Gasteiger charge is 2.39. The first kappa shape index (κ1) is 22.7. The summed E-state index contributed by atoms with van der Waals surface area (Å²) in [5, 5.41) is 3.26. The van der Waals surface area contributed by atoms with Crippen LogP contribution in [0.25, 0.3) is 0 Å². The zero-order valence-corrected chi connectivity index (χ0v) is 19.0. The molecule has 3 rings (SSSR count). The standard InChI is InChI=1S/C23H39N5O2/c1-4-29-19-9-10-21(30-5-2)20(17-19)26-22(24)25-18-23(11-15-27(3)16-12-23)28-13-7-6-8-14-28/h9-10,17H,4-8,11-16,18H2,1-3H3,(H3,24,25,26). The molecule has 3 N–H and O–H groups in total. The van der Waals surface area contributed by atoms with Gasteiger partial charge in [-0.1, -0.05) is 6.42 Å². The number of anilines is 1. The first-order valence-corrected chi connectivity index (χ1v) is 11.5. The molecule has 0 bridgehead atoms. The molecule has 0 saturated carbocycles. The van der Waals surface area contributed by atoms with Crippen molar-refractivity contribution in [2.45, 2.75) is 51.5 Å². The molecule has 0 radical (unpaired) electrons. The van der Waals surface area contributed by atoms with Crippen molar-refractivity contribution < 1.29 is 9.47 Å². The Labute approximate surface area is 181 Å². The van der Waals surface area contributed by atoms with E-state index in [1.165, 1.54) is 32.4 Å². The molecule has 7 nitrogen and oxygen atoms in total. The van der Waals surface area contributed by atoms with Crippen molar-refractivity contribution in [2.24, 2.45) is 10.7 Å². The third-order valence-corrected chi connectivity index (χ3v) is 6.31. The van der Waals surface area contributed by atoms with Crippen LogP contribution < -0.4 is 20.5 Å². The van der Waals surface area contributed by atoms with Gasteiger partial charge in [-0.05, 0) is 84.9 Å². The van der Waals surface area contributed by atoms with Gasteiger partial charge < -0.3 is 25.4 Å². The third kappa shape index (κ3) is 5.79. The molecular weight excluding hydrogens is 378 g/mol. The molecule has 2 saturated heterocycles. The largest absolute Gasteiger partial charge is 0.494 e. The molecule has 7 heteroatoms. The van der Waals surface area contributed by atoms with Crippen molar-refractivity contribution in [3.8, 4) is 11.5 Å². The van der Waals surface area contributed by atoms with E-state index in [-0.39, 0.29) is 5.54 Å². The number of aliphatic imine (C=N–C) groups is 1. The zero-order valence-electron chi connectivity index (χ0n) is 19.0. The summed E-state index contributed by atoms with van der Waals surface area (Å²) in [6.07, 6.45) is 6.21. The number of benzene rings is 1. The predicted molar refractivity (Wildman–Crippen MR) is 124 cm³/mol. The van der Waals surface area contributed by atoms with E-state index < -0.39 is 0 Å².